The molecule has 4 rings (SSSR count). The lowest BCUT2D eigenvalue weighted by atomic mass is 10.2. The van der Waals surface area contributed by atoms with Crippen LogP contribution < -0.4 is 5.32 Å². The number of amides is 1. The summed E-state index contributed by atoms with van der Waals surface area (Å²) in [6, 6.07) is 11.4. The number of aromatic nitrogens is 3. The highest BCUT2D eigenvalue weighted by Crippen LogP contribution is 2.36. The first-order chi connectivity index (χ1) is 11.2. The minimum atomic E-state index is -0.293. The third-order valence-corrected chi connectivity index (χ3v) is 4.62. The minimum Gasteiger partial charge on any atom is -0.361 e. The summed E-state index contributed by atoms with van der Waals surface area (Å²) in [7, 11) is 0. The van der Waals surface area contributed by atoms with Gasteiger partial charge in [-0.25, -0.2) is 4.68 Å². The number of hydrogen-bond donors (Lipinski definition) is 1. The molecule has 0 saturated heterocycles. The molecule has 1 amide bonds. The molecule has 23 heavy (non-hydrogen) atoms. The summed E-state index contributed by atoms with van der Waals surface area (Å²) in [5.41, 5.74) is 3.28. The SMILES string of the molecule is Cc1cc(C(=O)Nc2c3c(nn2-c2ccccc2)CSC3)no1. The van der Waals surface area contributed by atoms with Crippen molar-refractivity contribution in [3.8, 4) is 5.69 Å². The van der Waals surface area contributed by atoms with Gasteiger partial charge in [-0.1, -0.05) is 23.4 Å². The van der Waals surface area contributed by atoms with Gasteiger partial charge in [-0.3, -0.25) is 4.79 Å². The molecule has 1 aromatic carbocycles. The molecular formula is C16H14N4O2S. The molecule has 2 aromatic heterocycles. The number of carbonyl (C=O) groups excluding carboxylic acids is 1. The number of carbonyl (C=O) groups is 1. The van der Waals surface area contributed by atoms with Crippen LogP contribution in [0, 0.1) is 6.92 Å². The zero-order chi connectivity index (χ0) is 15.8. The van der Waals surface area contributed by atoms with Crippen molar-refractivity contribution in [2.45, 2.75) is 18.4 Å². The zero-order valence-corrected chi connectivity index (χ0v) is 13.3. The van der Waals surface area contributed by atoms with Crippen LogP contribution in [0.4, 0.5) is 5.82 Å². The maximum Gasteiger partial charge on any atom is 0.279 e. The molecule has 0 bridgehead atoms. The summed E-state index contributed by atoms with van der Waals surface area (Å²) >= 11 is 1.79. The van der Waals surface area contributed by atoms with E-state index in [-0.39, 0.29) is 11.6 Å². The summed E-state index contributed by atoms with van der Waals surface area (Å²) in [4.78, 5) is 12.4. The molecule has 1 N–H and O–H groups in total. The maximum atomic E-state index is 12.4. The van der Waals surface area contributed by atoms with Crippen molar-refractivity contribution >= 4 is 23.5 Å². The van der Waals surface area contributed by atoms with Gasteiger partial charge in [-0.2, -0.15) is 16.9 Å². The summed E-state index contributed by atoms with van der Waals surface area (Å²) in [6.45, 7) is 1.76. The second kappa shape index (κ2) is 5.58. The van der Waals surface area contributed by atoms with Crippen molar-refractivity contribution in [3.05, 3.63) is 59.1 Å². The van der Waals surface area contributed by atoms with E-state index in [9.17, 15) is 4.79 Å². The van der Waals surface area contributed by atoms with Gasteiger partial charge >= 0.3 is 0 Å². The van der Waals surface area contributed by atoms with Gasteiger partial charge in [0.2, 0.25) is 0 Å². The first-order valence-corrected chi connectivity index (χ1v) is 8.36. The molecule has 0 saturated carbocycles. The molecule has 0 unspecified atom stereocenters. The van der Waals surface area contributed by atoms with Crippen molar-refractivity contribution in [2.24, 2.45) is 0 Å². The fourth-order valence-corrected chi connectivity index (χ4v) is 3.58. The molecule has 0 radical (unpaired) electrons. The molecule has 7 heteroatoms. The molecule has 3 heterocycles. The van der Waals surface area contributed by atoms with Gasteiger partial charge in [-0.05, 0) is 19.1 Å². The molecule has 1 aliphatic rings. The highest BCUT2D eigenvalue weighted by molar-refractivity contribution is 7.98. The second-order valence-electron chi connectivity index (χ2n) is 5.29. The highest BCUT2D eigenvalue weighted by atomic mass is 32.2. The van der Waals surface area contributed by atoms with Crippen LogP contribution in [0.15, 0.2) is 40.9 Å². The van der Waals surface area contributed by atoms with E-state index < -0.39 is 0 Å². The Bertz CT molecular complexity index is 870. The van der Waals surface area contributed by atoms with Crippen LogP contribution in [0.1, 0.15) is 27.5 Å². The summed E-state index contributed by atoms with van der Waals surface area (Å²) in [5, 5.41) is 11.4. The van der Waals surface area contributed by atoms with Gasteiger partial charge in [-0.15, -0.1) is 0 Å². The van der Waals surface area contributed by atoms with Crippen LogP contribution in [0.5, 0.6) is 0 Å². The first-order valence-electron chi connectivity index (χ1n) is 7.21. The number of benzene rings is 1. The summed E-state index contributed by atoms with van der Waals surface area (Å²) < 4.78 is 6.76. The molecule has 116 valence electrons. The third kappa shape index (κ3) is 2.53. The fraction of sp³-hybridized carbons (Fsp3) is 0.188. The van der Waals surface area contributed by atoms with Crippen molar-refractivity contribution in [1.29, 1.82) is 0 Å². The van der Waals surface area contributed by atoms with E-state index >= 15 is 0 Å². The number of nitrogens with zero attached hydrogens (tertiary/aromatic N) is 3. The lowest BCUT2D eigenvalue weighted by molar-refractivity contribution is 0.101. The van der Waals surface area contributed by atoms with Gasteiger partial charge in [0, 0.05) is 23.1 Å². The van der Waals surface area contributed by atoms with Gasteiger partial charge in [0.05, 0.1) is 11.4 Å². The number of anilines is 1. The van der Waals surface area contributed by atoms with Gasteiger partial charge in [0.25, 0.3) is 5.91 Å². The average molecular weight is 326 g/mol. The number of aryl methyl sites for hydroxylation is 1. The zero-order valence-electron chi connectivity index (χ0n) is 12.4. The Morgan fingerprint density at radius 1 is 1.30 bits per heavy atom. The van der Waals surface area contributed by atoms with Crippen LogP contribution in [0.3, 0.4) is 0 Å². The average Bonchev–Trinajstić information content (AvgIpc) is 3.25. The normalized spacial score (nSPS) is 13.1. The fourth-order valence-electron chi connectivity index (χ4n) is 2.54. The number of rotatable bonds is 3. The lowest BCUT2D eigenvalue weighted by Crippen LogP contribution is -2.16. The van der Waals surface area contributed by atoms with E-state index in [1.807, 2.05) is 30.3 Å². The standard InChI is InChI=1S/C16H14N4O2S/c1-10-7-13(19-22-10)16(21)17-15-12-8-23-9-14(12)18-20(15)11-5-3-2-4-6-11/h2-7H,8-9H2,1H3,(H,17,21). The maximum absolute atomic E-state index is 12.4. The van der Waals surface area contributed by atoms with Gasteiger partial charge in [0.15, 0.2) is 5.69 Å². The number of hydrogen-bond acceptors (Lipinski definition) is 5. The van der Waals surface area contributed by atoms with E-state index in [4.69, 9.17) is 4.52 Å². The number of para-hydroxylation sites is 1. The Morgan fingerprint density at radius 2 is 2.13 bits per heavy atom. The summed E-state index contributed by atoms with van der Waals surface area (Å²) in [6.07, 6.45) is 0. The molecule has 3 aromatic rings. The molecule has 0 atom stereocenters. The van der Waals surface area contributed by atoms with Crippen molar-refractivity contribution < 1.29 is 9.32 Å². The lowest BCUT2D eigenvalue weighted by Gasteiger charge is -2.09. The molecule has 0 fully saturated rings. The predicted octanol–water partition coefficient (Wildman–Crippen LogP) is 3.17. The molecular weight excluding hydrogens is 312 g/mol. The van der Waals surface area contributed by atoms with E-state index in [0.29, 0.717) is 11.6 Å². The third-order valence-electron chi connectivity index (χ3n) is 3.65. The van der Waals surface area contributed by atoms with Crippen molar-refractivity contribution in [2.75, 3.05) is 5.32 Å². The van der Waals surface area contributed by atoms with Crippen LogP contribution in [-0.2, 0) is 11.5 Å². The van der Waals surface area contributed by atoms with E-state index in [2.05, 4.69) is 15.6 Å². The second-order valence-corrected chi connectivity index (χ2v) is 6.28. The Labute approximate surface area is 136 Å². The highest BCUT2D eigenvalue weighted by Gasteiger charge is 2.25. The Hall–Kier alpha value is -2.54. The number of fused-ring (bicyclic) bond motifs is 1. The van der Waals surface area contributed by atoms with E-state index in [0.717, 1.165) is 28.5 Å². The van der Waals surface area contributed by atoms with Crippen LogP contribution in [-0.4, -0.2) is 20.8 Å². The van der Waals surface area contributed by atoms with Gasteiger partial charge < -0.3 is 9.84 Å². The van der Waals surface area contributed by atoms with E-state index in [1.165, 1.54) is 0 Å². The smallest absolute Gasteiger partial charge is 0.279 e. The van der Waals surface area contributed by atoms with Gasteiger partial charge in [0.1, 0.15) is 11.6 Å². The Morgan fingerprint density at radius 3 is 2.87 bits per heavy atom. The van der Waals surface area contributed by atoms with Crippen LogP contribution in [0.2, 0.25) is 0 Å². The number of nitrogens with one attached hydrogen (secondary N) is 1. The van der Waals surface area contributed by atoms with Crippen molar-refractivity contribution in [3.63, 3.8) is 0 Å². The largest absolute Gasteiger partial charge is 0.361 e. The van der Waals surface area contributed by atoms with E-state index in [1.54, 1.807) is 29.4 Å². The molecule has 6 nitrogen and oxygen atoms in total. The van der Waals surface area contributed by atoms with Crippen LogP contribution >= 0.6 is 11.8 Å². The molecule has 0 aliphatic carbocycles. The Kier molecular flexibility index (Phi) is 3.42. The first kappa shape index (κ1) is 14.1. The summed E-state index contributed by atoms with van der Waals surface area (Å²) in [5.74, 6) is 2.73. The van der Waals surface area contributed by atoms with Crippen LogP contribution in [0.25, 0.3) is 5.69 Å². The quantitative estimate of drug-likeness (QED) is 0.800. The predicted molar refractivity (Wildman–Crippen MR) is 87.8 cm³/mol. The number of thioether (sulfide) groups is 1. The van der Waals surface area contributed by atoms with Crippen molar-refractivity contribution in [1.82, 2.24) is 14.9 Å². The monoisotopic (exact) mass is 326 g/mol. The molecule has 0 spiro atoms. The Balaban J connectivity index is 1.74. The topological polar surface area (TPSA) is 73.0 Å². The minimum absolute atomic E-state index is 0.266. The molecule has 1 aliphatic heterocycles.